The van der Waals surface area contributed by atoms with Crippen molar-refractivity contribution in [1.29, 1.82) is 0 Å². The minimum absolute atomic E-state index is 0.261. The van der Waals surface area contributed by atoms with Crippen molar-refractivity contribution < 1.29 is 4.74 Å². The number of methoxy groups -OCH3 is 1. The largest absolute Gasteiger partial charge is 0.495 e. The zero-order valence-corrected chi connectivity index (χ0v) is 19.2. The molecule has 0 aliphatic carbocycles. The molecule has 3 aromatic rings. The van der Waals surface area contributed by atoms with Gasteiger partial charge in [-0.2, -0.15) is 4.98 Å². The molecule has 0 saturated heterocycles. The van der Waals surface area contributed by atoms with Crippen molar-refractivity contribution >= 4 is 22.8 Å². The van der Waals surface area contributed by atoms with Gasteiger partial charge in [-0.25, -0.2) is 4.79 Å². The van der Waals surface area contributed by atoms with Gasteiger partial charge in [0.05, 0.1) is 12.8 Å². The second kappa shape index (κ2) is 7.90. The van der Waals surface area contributed by atoms with Crippen molar-refractivity contribution in [2.24, 2.45) is 18.9 Å². The maximum absolute atomic E-state index is 13.4. The van der Waals surface area contributed by atoms with Gasteiger partial charge in [0.15, 0.2) is 11.2 Å². The first-order chi connectivity index (χ1) is 14.7. The van der Waals surface area contributed by atoms with E-state index in [1.807, 2.05) is 23.6 Å². The van der Waals surface area contributed by atoms with Gasteiger partial charge in [-0.15, -0.1) is 0 Å². The number of anilines is 2. The van der Waals surface area contributed by atoms with Crippen LogP contribution in [0.15, 0.2) is 27.8 Å². The summed E-state index contributed by atoms with van der Waals surface area (Å²) in [4.78, 5) is 33.2. The minimum Gasteiger partial charge on any atom is -0.495 e. The van der Waals surface area contributed by atoms with E-state index in [1.54, 1.807) is 14.2 Å². The molecule has 0 N–H and O–H groups in total. The summed E-state index contributed by atoms with van der Waals surface area (Å²) in [6, 6.07) is 6.03. The summed E-state index contributed by atoms with van der Waals surface area (Å²) < 4.78 is 10.4. The van der Waals surface area contributed by atoms with Crippen molar-refractivity contribution in [2.45, 2.75) is 47.2 Å². The fourth-order valence-corrected chi connectivity index (χ4v) is 4.30. The zero-order chi connectivity index (χ0) is 22.4. The number of hydrogen-bond acceptors (Lipinski definition) is 5. The van der Waals surface area contributed by atoms with Crippen molar-refractivity contribution in [2.75, 3.05) is 18.6 Å². The number of aromatic nitrogens is 4. The molecule has 8 heteroatoms. The average molecular weight is 426 g/mol. The van der Waals surface area contributed by atoms with E-state index in [9.17, 15) is 9.59 Å². The molecule has 0 amide bonds. The Hall–Kier alpha value is -3.03. The lowest BCUT2D eigenvalue weighted by Crippen LogP contribution is -2.40. The van der Waals surface area contributed by atoms with Gasteiger partial charge < -0.3 is 14.2 Å². The van der Waals surface area contributed by atoms with Crippen LogP contribution in [0.4, 0.5) is 11.6 Å². The summed E-state index contributed by atoms with van der Waals surface area (Å²) in [6.45, 7) is 10.2. The Bertz CT molecular complexity index is 1250. The van der Waals surface area contributed by atoms with E-state index in [-0.39, 0.29) is 17.2 Å². The Morgan fingerprint density at radius 3 is 2.65 bits per heavy atom. The number of rotatable bonds is 5. The molecule has 0 unspecified atom stereocenters. The van der Waals surface area contributed by atoms with Crippen LogP contribution in [-0.4, -0.2) is 32.3 Å². The Morgan fingerprint density at radius 1 is 1.23 bits per heavy atom. The van der Waals surface area contributed by atoms with Crippen LogP contribution in [0.5, 0.6) is 5.75 Å². The van der Waals surface area contributed by atoms with Gasteiger partial charge in [0, 0.05) is 26.7 Å². The molecule has 1 aromatic carbocycles. The normalized spacial score (nSPS) is 16.2. The molecule has 1 aliphatic rings. The van der Waals surface area contributed by atoms with E-state index in [2.05, 4.69) is 31.7 Å². The van der Waals surface area contributed by atoms with E-state index >= 15 is 0 Å². The molecular formula is C23H31N5O3. The first-order valence-corrected chi connectivity index (χ1v) is 10.8. The maximum Gasteiger partial charge on any atom is 0.332 e. The minimum atomic E-state index is -0.318. The van der Waals surface area contributed by atoms with E-state index in [0.717, 1.165) is 30.0 Å². The number of nitrogens with zero attached hydrogens (tertiary/aromatic N) is 5. The van der Waals surface area contributed by atoms with Crippen molar-refractivity contribution in [3.8, 4) is 5.75 Å². The molecule has 1 aliphatic heterocycles. The van der Waals surface area contributed by atoms with Crippen molar-refractivity contribution in [1.82, 2.24) is 18.7 Å². The highest BCUT2D eigenvalue weighted by Crippen LogP contribution is 2.38. The van der Waals surface area contributed by atoms with E-state index in [1.165, 1.54) is 9.13 Å². The Labute approximate surface area is 181 Å². The summed E-state index contributed by atoms with van der Waals surface area (Å²) in [5, 5.41) is 0. The first kappa shape index (κ1) is 21.2. The molecule has 0 fully saturated rings. The topological polar surface area (TPSA) is 74.3 Å². The van der Waals surface area contributed by atoms with E-state index in [4.69, 9.17) is 9.72 Å². The van der Waals surface area contributed by atoms with Crippen molar-refractivity contribution in [3.63, 3.8) is 0 Å². The van der Waals surface area contributed by atoms with Gasteiger partial charge in [-0.1, -0.05) is 26.8 Å². The van der Waals surface area contributed by atoms with Crippen LogP contribution < -0.4 is 20.9 Å². The van der Waals surface area contributed by atoms with Gasteiger partial charge in [-0.05, 0) is 42.9 Å². The van der Waals surface area contributed by atoms with Crippen LogP contribution in [0.2, 0.25) is 0 Å². The van der Waals surface area contributed by atoms with Crippen LogP contribution in [0, 0.1) is 18.8 Å². The highest BCUT2D eigenvalue weighted by Gasteiger charge is 2.31. The molecule has 31 heavy (non-hydrogen) atoms. The number of fused-ring (bicyclic) bond motifs is 3. The van der Waals surface area contributed by atoms with Crippen molar-refractivity contribution in [3.05, 3.63) is 44.6 Å². The van der Waals surface area contributed by atoms with Gasteiger partial charge in [0.1, 0.15) is 5.75 Å². The molecule has 0 radical (unpaired) electrons. The lowest BCUT2D eigenvalue weighted by atomic mass is 10.1. The fourth-order valence-electron chi connectivity index (χ4n) is 4.30. The van der Waals surface area contributed by atoms with Crippen LogP contribution in [0.25, 0.3) is 11.2 Å². The average Bonchev–Trinajstić information content (AvgIpc) is 3.11. The van der Waals surface area contributed by atoms with Crippen LogP contribution in [0.1, 0.15) is 32.8 Å². The molecule has 8 nitrogen and oxygen atoms in total. The summed E-state index contributed by atoms with van der Waals surface area (Å²) in [6.07, 6.45) is 0.769. The quantitative estimate of drug-likeness (QED) is 0.628. The smallest absolute Gasteiger partial charge is 0.332 e. The predicted octanol–water partition coefficient (Wildman–Crippen LogP) is 3.05. The Balaban J connectivity index is 1.97. The molecule has 0 saturated carbocycles. The number of benzene rings is 1. The standard InChI is InChI=1S/C23H31N5O3/c1-14(2)9-10-26-21(29)19-20(25(5)23(26)30)24-22-27(12-16(4)13-28(19)22)17-11-15(3)7-8-18(17)31-6/h7-8,11,14,16H,9-10,12-13H2,1-6H3/t16-/m1/s1. The van der Waals surface area contributed by atoms with Crippen LogP contribution in [-0.2, 0) is 20.1 Å². The molecule has 1 atom stereocenters. The summed E-state index contributed by atoms with van der Waals surface area (Å²) >= 11 is 0. The first-order valence-electron chi connectivity index (χ1n) is 10.8. The lowest BCUT2D eigenvalue weighted by molar-refractivity contribution is 0.409. The van der Waals surface area contributed by atoms with Crippen LogP contribution in [0.3, 0.4) is 0 Å². The molecule has 0 bridgehead atoms. The number of hydrogen-bond donors (Lipinski definition) is 0. The van der Waals surface area contributed by atoms with E-state index < -0.39 is 0 Å². The highest BCUT2D eigenvalue weighted by atomic mass is 16.5. The Kier molecular flexibility index (Phi) is 5.41. The summed E-state index contributed by atoms with van der Waals surface area (Å²) in [5.41, 5.74) is 2.36. The number of ether oxygens (including phenoxy) is 1. The highest BCUT2D eigenvalue weighted by molar-refractivity contribution is 5.78. The van der Waals surface area contributed by atoms with Gasteiger partial charge in [0.25, 0.3) is 5.56 Å². The molecule has 0 spiro atoms. The lowest BCUT2D eigenvalue weighted by Gasteiger charge is -2.33. The molecular weight excluding hydrogens is 394 g/mol. The summed E-state index contributed by atoms with van der Waals surface area (Å²) in [7, 11) is 3.34. The molecule has 2 aromatic heterocycles. The second-order valence-electron chi connectivity index (χ2n) is 9.07. The third-order valence-corrected chi connectivity index (χ3v) is 6.00. The SMILES string of the molecule is COc1ccc(C)cc1N1C[C@@H](C)Cn2c1nc1c2c(=O)n(CCC(C)C)c(=O)n1C. The second-order valence-corrected chi connectivity index (χ2v) is 9.07. The third kappa shape index (κ3) is 3.54. The number of aryl methyl sites for hydroxylation is 2. The monoisotopic (exact) mass is 425 g/mol. The van der Waals surface area contributed by atoms with Gasteiger partial charge in [-0.3, -0.25) is 13.9 Å². The maximum atomic E-state index is 13.4. The number of imidazole rings is 1. The third-order valence-electron chi connectivity index (χ3n) is 6.00. The van der Waals surface area contributed by atoms with Gasteiger partial charge >= 0.3 is 5.69 Å². The Morgan fingerprint density at radius 2 is 1.97 bits per heavy atom. The zero-order valence-electron chi connectivity index (χ0n) is 19.2. The predicted molar refractivity (Wildman–Crippen MR) is 123 cm³/mol. The molecule has 4 rings (SSSR count). The molecule has 166 valence electrons. The van der Waals surface area contributed by atoms with Gasteiger partial charge in [0.2, 0.25) is 5.95 Å². The van der Waals surface area contributed by atoms with Crippen LogP contribution >= 0.6 is 0 Å². The molecule has 3 heterocycles. The fraction of sp³-hybridized carbons (Fsp3) is 0.522. The summed E-state index contributed by atoms with van der Waals surface area (Å²) in [5.74, 6) is 2.11. The van der Waals surface area contributed by atoms with E-state index in [0.29, 0.717) is 36.1 Å².